The molecule has 0 spiro atoms. The lowest BCUT2D eigenvalue weighted by Crippen LogP contribution is -2.27. The van der Waals surface area contributed by atoms with Crippen LogP contribution in [0.4, 0.5) is 13.2 Å². The van der Waals surface area contributed by atoms with Gasteiger partial charge in [-0.3, -0.25) is 9.59 Å². The molecule has 1 atom stereocenters. The number of halogens is 3. The lowest BCUT2D eigenvalue weighted by atomic mass is 10.1. The second-order valence-electron chi connectivity index (χ2n) is 2.78. The van der Waals surface area contributed by atoms with Gasteiger partial charge in [0.25, 0.3) is 0 Å². The number of hydrogen-bond donors (Lipinski definition) is 0. The van der Waals surface area contributed by atoms with Gasteiger partial charge in [0.1, 0.15) is 11.7 Å². The molecule has 1 fully saturated rings. The highest BCUT2D eigenvalue weighted by Gasteiger charge is 2.40. The third-order valence-electron chi connectivity index (χ3n) is 1.81. The fourth-order valence-electron chi connectivity index (χ4n) is 1.25. The van der Waals surface area contributed by atoms with Crippen LogP contribution in [-0.4, -0.2) is 18.1 Å². The average molecular weight is 196 g/mol. The second kappa shape index (κ2) is 3.35. The summed E-state index contributed by atoms with van der Waals surface area (Å²) >= 11 is 0. The van der Waals surface area contributed by atoms with Gasteiger partial charge in [0, 0.05) is 6.42 Å². The summed E-state index contributed by atoms with van der Waals surface area (Å²) in [5, 5.41) is 0. The predicted molar refractivity (Wildman–Crippen MR) is 34.5 cm³/mol. The lowest BCUT2D eigenvalue weighted by molar-refractivity contribution is -0.307. The molecule has 0 aromatic rings. The highest BCUT2D eigenvalue weighted by atomic mass is 19.4. The highest BCUT2D eigenvalue weighted by Crippen LogP contribution is 2.26. The maximum atomic E-state index is 11.5. The molecule has 74 valence electrons. The van der Waals surface area contributed by atoms with Gasteiger partial charge in [0.2, 0.25) is 0 Å². The molecule has 3 nitrogen and oxygen atoms in total. The quantitative estimate of drug-likeness (QED) is 0.470. The van der Waals surface area contributed by atoms with Crippen LogP contribution in [0.2, 0.25) is 0 Å². The van der Waals surface area contributed by atoms with Crippen LogP contribution in [0.1, 0.15) is 19.3 Å². The van der Waals surface area contributed by atoms with Gasteiger partial charge in [0.05, 0.1) is 0 Å². The molecule has 0 bridgehead atoms. The van der Waals surface area contributed by atoms with Gasteiger partial charge in [0.15, 0.2) is 0 Å². The van der Waals surface area contributed by atoms with Crippen molar-refractivity contribution >= 4 is 11.8 Å². The number of rotatable bonds is 1. The number of Topliss-reactive ketones (excluding diaryl/α,β-unsaturated/α-hetero) is 1. The van der Waals surface area contributed by atoms with E-state index in [1.54, 1.807) is 0 Å². The molecule has 1 unspecified atom stereocenters. The van der Waals surface area contributed by atoms with Gasteiger partial charge in [-0.25, -0.2) is 0 Å². The minimum Gasteiger partial charge on any atom is -0.372 e. The van der Waals surface area contributed by atoms with Crippen LogP contribution in [0.5, 0.6) is 0 Å². The molecule has 1 aliphatic rings. The van der Waals surface area contributed by atoms with E-state index in [-0.39, 0.29) is 12.8 Å². The number of esters is 1. The molecule has 13 heavy (non-hydrogen) atoms. The third-order valence-corrected chi connectivity index (χ3v) is 1.81. The van der Waals surface area contributed by atoms with E-state index in [0.29, 0.717) is 6.42 Å². The Morgan fingerprint density at radius 2 is 2.08 bits per heavy atom. The summed E-state index contributed by atoms with van der Waals surface area (Å²) < 4.78 is 37.7. The molecule has 0 heterocycles. The molecule has 1 rings (SSSR count). The monoisotopic (exact) mass is 196 g/mol. The summed E-state index contributed by atoms with van der Waals surface area (Å²) in [5.41, 5.74) is 0. The van der Waals surface area contributed by atoms with Gasteiger partial charge in [-0.1, -0.05) is 0 Å². The fraction of sp³-hybridized carbons (Fsp3) is 0.714. The average Bonchev–Trinajstić information content (AvgIpc) is 2.30. The lowest BCUT2D eigenvalue weighted by Gasteiger charge is -2.10. The van der Waals surface area contributed by atoms with E-state index in [1.165, 1.54) is 0 Å². The summed E-state index contributed by atoms with van der Waals surface area (Å²) in [6.45, 7) is 0. The third kappa shape index (κ3) is 2.71. The predicted octanol–water partition coefficient (Wildman–Crippen LogP) is 1.42. The first-order valence-corrected chi connectivity index (χ1v) is 3.72. The molecule has 0 N–H and O–H groups in total. The first kappa shape index (κ1) is 10.0. The van der Waals surface area contributed by atoms with Crippen LogP contribution in [0.3, 0.4) is 0 Å². The van der Waals surface area contributed by atoms with Crippen molar-refractivity contribution in [1.29, 1.82) is 0 Å². The molecule has 0 aromatic heterocycles. The standard InChI is InChI=1S/C7H7F3O3/c8-7(9,10)13-6(12)4-2-1-3-5(4)11/h4H,1-3H2. The molecule has 1 saturated carbocycles. The molecule has 0 radical (unpaired) electrons. The van der Waals surface area contributed by atoms with Crippen molar-refractivity contribution in [3.8, 4) is 0 Å². The number of ketones is 1. The fourth-order valence-corrected chi connectivity index (χ4v) is 1.25. The van der Waals surface area contributed by atoms with Crippen molar-refractivity contribution in [1.82, 2.24) is 0 Å². The van der Waals surface area contributed by atoms with E-state index in [4.69, 9.17) is 0 Å². The summed E-state index contributed by atoms with van der Waals surface area (Å²) in [4.78, 5) is 21.5. The minimum absolute atomic E-state index is 0.160. The summed E-state index contributed by atoms with van der Waals surface area (Å²) in [6.07, 6.45) is -4.21. The molecule has 0 aliphatic heterocycles. The van der Waals surface area contributed by atoms with E-state index in [0.717, 1.165) is 0 Å². The maximum absolute atomic E-state index is 11.5. The Hall–Kier alpha value is -1.07. The Balaban J connectivity index is 2.53. The first-order chi connectivity index (χ1) is 5.90. The Bertz CT molecular complexity index is 234. The Morgan fingerprint density at radius 1 is 1.46 bits per heavy atom. The number of carbonyl (C=O) groups excluding carboxylic acids is 2. The van der Waals surface area contributed by atoms with Crippen molar-refractivity contribution in [3.05, 3.63) is 0 Å². The Morgan fingerprint density at radius 3 is 2.46 bits per heavy atom. The number of alkyl halides is 3. The van der Waals surface area contributed by atoms with Crippen LogP contribution in [-0.2, 0) is 14.3 Å². The van der Waals surface area contributed by atoms with E-state index in [2.05, 4.69) is 4.74 Å². The molecule has 0 aromatic carbocycles. The zero-order valence-electron chi connectivity index (χ0n) is 6.56. The zero-order valence-corrected chi connectivity index (χ0v) is 6.56. The van der Waals surface area contributed by atoms with Gasteiger partial charge in [-0.15, -0.1) is 13.2 Å². The molecule has 0 amide bonds. The van der Waals surface area contributed by atoms with E-state index >= 15 is 0 Å². The normalized spacial score (nSPS) is 23.3. The van der Waals surface area contributed by atoms with Crippen molar-refractivity contribution < 1.29 is 27.5 Å². The summed E-state index contributed by atoms with van der Waals surface area (Å²) in [6, 6.07) is 0. The number of carbonyl (C=O) groups is 2. The number of ether oxygens (including phenoxy) is 1. The first-order valence-electron chi connectivity index (χ1n) is 3.72. The topological polar surface area (TPSA) is 43.4 Å². The largest absolute Gasteiger partial charge is 0.575 e. The van der Waals surface area contributed by atoms with Gasteiger partial charge in [-0.2, -0.15) is 0 Å². The summed E-state index contributed by atoms with van der Waals surface area (Å²) in [5.74, 6) is -3.15. The Labute approximate surface area is 71.9 Å². The second-order valence-corrected chi connectivity index (χ2v) is 2.78. The minimum atomic E-state index is -4.99. The van der Waals surface area contributed by atoms with Gasteiger partial charge >= 0.3 is 12.3 Å². The Kier molecular flexibility index (Phi) is 2.58. The smallest absolute Gasteiger partial charge is 0.372 e. The SMILES string of the molecule is O=C1CCCC1C(=O)OC(F)(F)F. The summed E-state index contributed by atoms with van der Waals surface area (Å²) in [7, 11) is 0. The van der Waals surface area contributed by atoms with Crippen molar-refractivity contribution in [3.63, 3.8) is 0 Å². The molecule has 1 aliphatic carbocycles. The van der Waals surface area contributed by atoms with Gasteiger partial charge in [-0.05, 0) is 12.8 Å². The van der Waals surface area contributed by atoms with Crippen molar-refractivity contribution in [2.24, 2.45) is 5.92 Å². The van der Waals surface area contributed by atoms with Crippen molar-refractivity contribution in [2.75, 3.05) is 0 Å². The van der Waals surface area contributed by atoms with Crippen molar-refractivity contribution in [2.45, 2.75) is 25.6 Å². The van der Waals surface area contributed by atoms with Crippen LogP contribution in [0, 0.1) is 5.92 Å². The maximum Gasteiger partial charge on any atom is 0.575 e. The van der Waals surface area contributed by atoms with Crippen LogP contribution < -0.4 is 0 Å². The van der Waals surface area contributed by atoms with E-state index in [1.807, 2.05) is 0 Å². The van der Waals surface area contributed by atoms with E-state index in [9.17, 15) is 22.8 Å². The van der Waals surface area contributed by atoms with Gasteiger partial charge < -0.3 is 4.74 Å². The highest BCUT2D eigenvalue weighted by molar-refractivity contribution is 6.00. The molecular formula is C7H7F3O3. The van der Waals surface area contributed by atoms with Crippen LogP contribution in [0.15, 0.2) is 0 Å². The van der Waals surface area contributed by atoms with E-state index < -0.39 is 24.0 Å². The molecule has 6 heteroatoms. The van der Waals surface area contributed by atoms with Crippen LogP contribution >= 0.6 is 0 Å². The molecule has 0 saturated heterocycles. The zero-order chi connectivity index (χ0) is 10.1. The van der Waals surface area contributed by atoms with Crippen LogP contribution in [0.25, 0.3) is 0 Å². The molecular weight excluding hydrogens is 189 g/mol. The number of hydrogen-bond acceptors (Lipinski definition) is 3.